The van der Waals surface area contributed by atoms with Gasteiger partial charge in [-0.1, -0.05) is 42.0 Å². The molecule has 2 aromatic carbocycles. The molecule has 0 aromatic heterocycles. The molecule has 6 heteroatoms. The van der Waals surface area contributed by atoms with Gasteiger partial charge in [-0.15, -0.1) is 0 Å². The summed E-state index contributed by atoms with van der Waals surface area (Å²) >= 11 is 10.7. The van der Waals surface area contributed by atoms with E-state index in [1.54, 1.807) is 24.3 Å². The lowest BCUT2D eigenvalue weighted by molar-refractivity contribution is 0.102. The van der Waals surface area contributed by atoms with Gasteiger partial charge in [0.2, 0.25) is 0 Å². The van der Waals surface area contributed by atoms with Gasteiger partial charge in [0.1, 0.15) is 10.8 Å². The molecule has 0 saturated heterocycles. The average molecular weight is 309 g/mol. The van der Waals surface area contributed by atoms with E-state index in [0.717, 1.165) is 0 Å². The Labute approximate surface area is 125 Å². The number of hydrogen-bond donors (Lipinski definition) is 2. The molecule has 2 aromatic rings. The van der Waals surface area contributed by atoms with Gasteiger partial charge in [-0.05, 0) is 24.3 Å². The second kappa shape index (κ2) is 5.98. The van der Waals surface area contributed by atoms with E-state index >= 15 is 0 Å². The molecule has 0 saturated carbocycles. The Morgan fingerprint density at radius 2 is 1.90 bits per heavy atom. The molecule has 2 rings (SSSR count). The number of thiocarbonyl (C=S) groups is 1. The van der Waals surface area contributed by atoms with Crippen LogP contribution in [0, 0.1) is 5.82 Å². The fourth-order valence-electron chi connectivity index (χ4n) is 1.71. The highest BCUT2D eigenvalue weighted by Gasteiger charge is 2.15. The molecule has 1 amide bonds. The van der Waals surface area contributed by atoms with E-state index in [4.69, 9.17) is 29.6 Å². The van der Waals surface area contributed by atoms with Gasteiger partial charge < -0.3 is 11.1 Å². The van der Waals surface area contributed by atoms with E-state index in [1.165, 1.54) is 18.2 Å². The van der Waals surface area contributed by atoms with Crippen molar-refractivity contribution >= 4 is 40.4 Å². The first-order chi connectivity index (χ1) is 9.50. The lowest BCUT2D eigenvalue weighted by Gasteiger charge is -2.11. The zero-order valence-corrected chi connectivity index (χ0v) is 11.8. The molecule has 20 heavy (non-hydrogen) atoms. The highest BCUT2D eigenvalue weighted by Crippen LogP contribution is 2.21. The maximum atomic E-state index is 13.7. The summed E-state index contributed by atoms with van der Waals surface area (Å²) in [7, 11) is 0. The van der Waals surface area contributed by atoms with E-state index in [1.807, 2.05) is 0 Å². The smallest absolute Gasteiger partial charge is 0.257 e. The van der Waals surface area contributed by atoms with Gasteiger partial charge in [-0.25, -0.2) is 4.39 Å². The molecule has 0 aliphatic carbocycles. The lowest BCUT2D eigenvalue weighted by Crippen LogP contribution is -2.19. The first-order valence-electron chi connectivity index (χ1n) is 5.65. The Kier molecular flexibility index (Phi) is 4.32. The number of carbonyl (C=O) groups is 1. The number of hydrogen-bond acceptors (Lipinski definition) is 2. The summed E-state index contributed by atoms with van der Waals surface area (Å²) < 4.78 is 13.7. The van der Waals surface area contributed by atoms with Crippen LogP contribution in [0.25, 0.3) is 0 Å². The molecule has 0 fully saturated rings. The number of rotatable bonds is 3. The molecule has 0 atom stereocenters. The highest BCUT2D eigenvalue weighted by atomic mass is 35.5. The molecule has 0 aliphatic rings. The fourth-order valence-corrected chi connectivity index (χ4v) is 2.14. The molecule has 0 unspecified atom stereocenters. The molecular weight excluding hydrogens is 299 g/mol. The van der Waals surface area contributed by atoms with Crippen molar-refractivity contribution < 1.29 is 9.18 Å². The fraction of sp³-hybridized carbons (Fsp3) is 0. The SMILES string of the molecule is NC(=S)c1c(F)cccc1NC(=O)c1ccccc1Cl. The number of amides is 1. The van der Waals surface area contributed by atoms with Crippen LogP contribution in [-0.4, -0.2) is 10.9 Å². The monoisotopic (exact) mass is 308 g/mol. The van der Waals surface area contributed by atoms with Crippen molar-refractivity contribution in [3.05, 3.63) is 64.4 Å². The van der Waals surface area contributed by atoms with Crippen LogP contribution in [0.1, 0.15) is 15.9 Å². The minimum atomic E-state index is -0.588. The third-order valence-electron chi connectivity index (χ3n) is 2.63. The van der Waals surface area contributed by atoms with Crippen molar-refractivity contribution in [1.82, 2.24) is 0 Å². The summed E-state index contributed by atoms with van der Waals surface area (Å²) in [5, 5.41) is 2.86. The number of carbonyl (C=O) groups excluding carboxylic acids is 1. The quantitative estimate of drug-likeness (QED) is 0.855. The van der Waals surface area contributed by atoms with Crippen molar-refractivity contribution in [3.63, 3.8) is 0 Å². The van der Waals surface area contributed by atoms with Crippen LogP contribution in [0.5, 0.6) is 0 Å². The van der Waals surface area contributed by atoms with Gasteiger partial charge in [0, 0.05) is 0 Å². The summed E-state index contributed by atoms with van der Waals surface area (Å²) in [5.74, 6) is -1.05. The number of benzene rings is 2. The molecular formula is C14H10ClFN2OS. The van der Waals surface area contributed by atoms with Gasteiger partial charge in [0.25, 0.3) is 5.91 Å². The van der Waals surface area contributed by atoms with Gasteiger partial charge in [-0.3, -0.25) is 4.79 Å². The van der Waals surface area contributed by atoms with Crippen molar-refractivity contribution in [3.8, 4) is 0 Å². The van der Waals surface area contributed by atoms with E-state index < -0.39 is 11.7 Å². The highest BCUT2D eigenvalue weighted by molar-refractivity contribution is 7.80. The number of halogens is 2. The second-order valence-corrected chi connectivity index (χ2v) is 4.81. The largest absolute Gasteiger partial charge is 0.389 e. The Morgan fingerprint density at radius 3 is 2.55 bits per heavy atom. The van der Waals surface area contributed by atoms with Gasteiger partial charge >= 0.3 is 0 Å². The van der Waals surface area contributed by atoms with Crippen molar-refractivity contribution in [2.75, 3.05) is 5.32 Å². The molecule has 0 aliphatic heterocycles. The first-order valence-corrected chi connectivity index (χ1v) is 6.43. The summed E-state index contributed by atoms with van der Waals surface area (Å²) in [6.07, 6.45) is 0. The van der Waals surface area contributed by atoms with E-state index in [0.29, 0.717) is 5.02 Å². The summed E-state index contributed by atoms with van der Waals surface area (Å²) in [6.45, 7) is 0. The summed E-state index contributed by atoms with van der Waals surface area (Å²) in [6, 6.07) is 10.8. The van der Waals surface area contributed by atoms with Crippen LogP contribution in [0.15, 0.2) is 42.5 Å². The van der Waals surface area contributed by atoms with Gasteiger partial charge in [-0.2, -0.15) is 0 Å². The molecule has 102 valence electrons. The van der Waals surface area contributed by atoms with E-state index in [2.05, 4.69) is 5.32 Å². The Bertz CT molecular complexity index is 691. The standard InChI is InChI=1S/C14H10ClFN2OS/c15-9-5-2-1-4-8(9)14(19)18-11-7-3-6-10(16)12(11)13(17)20/h1-7H,(H2,17,20)(H,18,19). The Morgan fingerprint density at radius 1 is 1.20 bits per heavy atom. The number of anilines is 1. The third kappa shape index (κ3) is 2.95. The molecule has 3 nitrogen and oxygen atoms in total. The van der Waals surface area contributed by atoms with Crippen LogP contribution in [0.2, 0.25) is 5.02 Å². The molecule has 0 heterocycles. The third-order valence-corrected chi connectivity index (χ3v) is 3.16. The summed E-state index contributed by atoms with van der Waals surface area (Å²) in [4.78, 5) is 12.0. The number of nitrogens with one attached hydrogen (secondary N) is 1. The first kappa shape index (κ1) is 14.4. The lowest BCUT2D eigenvalue weighted by atomic mass is 10.1. The Hall–Kier alpha value is -1.98. The van der Waals surface area contributed by atoms with Crippen LogP contribution in [0.4, 0.5) is 10.1 Å². The summed E-state index contributed by atoms with van der Waals surface area (Å²) in [5.41, 5.74) is 5.97. The van der Waals surface area contributed by atoms with Crippen LogP contribution < -0.4 is 11.1 Å². The zero-order valence-electron chi connectivity index (χ0n) is 10.2. The van der Waals surface area contributed by atoms with Gasteiger partial charge in [0.05, 0.1) is 21.8 Å². The molecule has 0 bridgehead atoms. The average Bonchev–Trinajstić information content (AvgIpc) is 2.38. The predicted octanol–water partition coefficient (Wildman–Crippen LogP) is 3.37. The Balaban J connectivity index is 2.36. The van der Waals surface area contributed by atoms with Crippen LogP contribution in [0.3, 0.4) is 0 Å². The molecule has 0 spiro atoms. The topological polar surface area (TPSA) is 55.1 Å². The van der Waals surface area contributed by atoms with Crippen LogP contribution in [-0.2, 0) is 0 Å². The van der Waals surface area contributed by atoms with Crippen molar-refractivity contribution in [2.45, 2.75) is 0 Å². The molecule has 3 N–H and O–H groups in total. The molecule has 0 radical (unpaired) electrons. The van der Waals surface area contributed by atoms with Crippen LogP contribution >= 0.6 is 23.8 Å². The predicted molar refractivity (Wildman–Crippen MR) is 81.7 cm³/mol. The van der Waals surface area contributed by atoms with Gasteiger partial charge in [0.15, 0.2) is 0 Å². The van der Waals surface area contributed by atoms with Crippen molar-refractivity contribution in [2.24, 2.45) is 5.73 Å². The minimum absolute atomic E-state index is 0.00269. The zero-order chi connectivity index (χ0) is 14.7. The maximum absolute atomic E-state index is 13.7. The minimum Gasteiger partial charge on any atom is -0.389 e. The normalized spacial score (nSPS) is 10.1. The second-order valence-electron chi connectivity index (χ2n) is 3.96. The maximum Gasteiger partial charge on any atom is 0.257 e. The van der Waals surface area contributed by atoms with E-state index in [-0.39, 0.29) is 21.8 Å². The van der Waals surface area contributed by atoms with Crippen molar-refractivity contribution in [1.29, 1.82) is 0 Å². The number of nitrogens with two attached hydrogens (primary N) is 1. The van der Waals surface area contributed by atoms with E-state index in [9.17, 15) is 9.18 Å².